The van der Waals surface area contributed by atoms with Gasteiger partial charge in [0.25, 0.3) is 5.91 Å². The minimum atomic E-state index is 0.0983. The molecule has 1 aliphatic rings. The first-order valence-electron chi connectivity index (χ1n) is 8.62. The minimum Gasteiger partial charge on any atom is -0.337 e. The van der Waals surface area contributed by atoms with E-state index in [9.17, 15) is 4.79 Å². The molecule has 1 atom stereocenters. The summed E-state index contributed by atoms with van der Waals surface area (Å²) in [5, 5.41) is 0. The first-order valence-corrected chi connectivity index (χ1v) is 8.62. The van der Waals surface area contributed by atoms with Crippen LogP contribution in [0.2, 0.25) is 0 Å². The molecule has 0 N–H and O–H groups in total. The molecule has 3 heterocycles. The Labute approximate surface area is 147 Å². The number of aromatic nitrogens is 2. The van der Waals surface area contributed by atoms with Crippen molar-refractivity contribution in [3.05, 3.63) is 60.4 Å². The molecule has 1 amide bonds. The van der Waals surface area contributed by atoms with Gasteiger partial charge in [0.1, 0.15) is 5.65 Å². The van der Waals surface area contributed by atoms with Gasteiger partial charge < -0.3 is 14.2 Å². The molecule has 4 rings (SSSR count). The number of hydrogen-bond donors (Lipinski definition) is 0. The van der Waals surface area contributed by atoms with Crippen LogP contribution < -0.4 is 0 Å². The Kier molecular flexibility index (Phi) is 4.01. The lowest BCUT2D eigenvalue weighted by molar-refractivity contribution is 0.0782. The van der Waals surface area contributed by atoms with Crippen molar-refractivity contribution in [2.24, 2.45) is 0 Å². The van der Waals surface area contributed by atoms with E-state index in [0.717, 1.165) is 36.4 Å². The van der Waals surface area contributed by atoms with Crippen molar-refractivity contribution in [1.29, 1.82) is 0 Å². The van der Waals surface area contributed by atoms with Gasteiger partial charge in [0.15, 0.2) is 0 Å². The second-order valence-electron chi connectivity index (χ2n) is 6.83. The number of benzene rings is 1. The molecule has 1 aliphatic heterocycles. The summed E-state index contributed by atoms with van der Waals surface area (Å²) in [7, 11) is 4.14. The van der Waals surface area contributed by atoms with Gasteiger partial charge in [-0.05, 0) is 32.6 Å². The normalized spacial score (nSPS) is 17.6. The lowest BCUT2D eigenvalue weighted by Crippen LogP contribution is -2.34. The van der Waals surface area contributed by atoms with E-state index in [4.69, 9.17) is 0 Å². The number of carbonyl (C=O) groups is 1. The summed E-state index contributed by atoms with van der Waals surface area (Å²) < 4.78 is 1.94. The van der Waals surface area contributed by atoms with Crippen LogP contribution in [0.5, 0.6) is 0 Å². The van der Waals surface area contributed by atoms with E-state index in [1.54, 1.807) is 0 Å². The van der Waals surface area contributed by atoms with Crippen molar-refractivity contribution in [3.8, 4) is 11.3 Å². The highest BCUT2D eigenvalue weighted by Gasteiger charge is 2.28. The summed E-state index contributed by atoms with van der Waals surface area (Å²) in [5.74, 6) is 0.0983. The Bertz CT molecular complexity index is 900. The molecule has 128 valence electrons. The summed E-state index contributed by atoms with van der Waals surface area (Å²) in [6.45, 7) is 1.61. The van der Waals surface area contributed by atoms with Gasteiger partial charge >= 0.3 is 0 Å². The fourth-order valence-corrected chi connectivity index (χ4v) is 3.40. The molecule has 0 bridgehead atoms. The van der Waals surface area contributed by atoms with Crippen molar-refractivity contribution in [2.75, 3.05) is 27.2 Å². The molecule has 5 nitrogen and oxygen atoms in total. The van der Waals surface area contributed by atoms with Gasteiger partial charge in [-0.15, -0.1) is 0 Å². The van der Waals surface area contributed by atoms with E-state index in [2.05, 4.69) is 24.0 Å². The van der Waals surface area contributed by atoms with Crippen LogP contribution in [0, 0.1) is 0 Å². The number of likely N-dealkylation sites (N-methyl/N-ethyl adjacent to an activating group) is 1. The quantitative estimate of drug-likeness (QED) is 0.739. The van der Waals surface area contributed by atoms with Crippen molar-refractivity contribution in [2.45, 2.75) is 12.5 Å². The molecule has 2 aromatic heterocycles. The fraction of sp³-hybridized carbons (Fsp3) is 0.300. The molecular weight excluding hydrogens is 312 g/mol. The number of imidazole rings is 1. The van der Waals surface area contributed by atoms with Crippen LogP contribution in [0.25, 0.3) is 16.9 Å². The number of pyridine rings is 1. The molecule has 1 unspecified atom stereocenters. The SMILES string of the molecule is CN(C)C1CCN(C(=O)c2ccc3nc(-c4ccccc4)cn3c2)C1. The topological polar surface area (TPSA) is 40.8 Å². The summed E-state index contributed by atoms with van der Waals surface area (Å²) in [6.07, 6.45) is 4.90. The van der Waals surface area contributed by atoms with E-state index in [1.807, 2.05) is 64.2 Å². The summed E-state index contributed by atoms with van der Waals surface area (Å²) in [4.78, 5) is 21.6. The van der Waals surface area contributed by atoms with E-state index < -0.39 is 0 Å². The number of likely N-dealkylation sites (tertiary alicyclic amines) is 1. The Hall–Kier alpha value is -2.66. The predicted octanol–water partition coefficient (Wildman–Crippen LogP) is 2.78. The first kappa shape index (κ1) is 15.8. The molecule has 1 aromatic carbocycles. The number of hydrogen-bond acceptors (Lipinski definition) is 3. The molecule has 0 radical (unpaired) electrons. The highest BCUT2D eigenvalue weighted by Crippen LogP contribution is 2.21. The zero-order chi connectivity index (χ0) is 17.4. The van der Waals surface area contributed by atoms with Gasteiger partial charge in [0.05, 0.1) is 11.3 Å². The van der Waals surface area contributed by atoms with Crippen LogP contribution >= 0.6 is 0 Å². The van der Waals surface area contributed by atoms with E-state index in [-0.39, 0.29) is 5.91 Å². The zero-order valence-electron chi connectivity index (χ0n) is 14.6. The smallest absolute Gasteiger partial charge is 0.255 e. The number of nitrogens with zero attached hydrogens (tertiary/aromatic N) is 4. The van der Waals surface area contributed by atoms with E-state index in [0.29, 0.717) is 11.6 Å². The third-order valence-corrected chi connectivity index (χ3v) is 4.95. The van der Waals surface area contributed by atoms with Crippen LogP contribution in [0.3, 0.4) is 0 Å². The lowest BCUT2D eigenvalue weighted by atomic mass is 10.2. The molecule has 1 saturated heterocycles. The predicted molar refractivity (Wildman–Crippen MR) is 98.6 cm³/mol. The summed E-state index contributed by atoms with van der Waals surface area (Å²) >= 11 is 0. The van der Waals surface area contributed by atoms with E-state index >= 15 is 0 Å². The minimum absolute atomic E-state index is 0.0983. The first-order chi connectivity index (χ1) is 12.1. The molecule has 1 fully saturated rings. The monoisotopic (exact) mass is 334 g/mol. The largest absolute Gasteiger partial charge is 0.337 e. The lowest BCUT2D eigenvalue weighted by Gasteiger charge is -2.20. The van der Waals surface area contributed by atoms with Gasteiger partial charge in [-0.3, -0.25) is 4.79 Å². The number of fused-ring (bicyclic) bond motifs is 1. The van der Waals surface area contributed by atoms with Gasteiger partial charge in [0, 0.05) is 37.1 Å². The Balaban J connectivity index is 1.60. The maximum Gasteiger partial charge on any atom is 0.255 e. The van der Waals surface area contributed by atoms with Crippen molar-refractivity contribution >= 4 is 11.6 Å². The third kappa shape index (κ3) is 3.03. The van der Waals surface area contributed by atoms with Crippen LogP contribution in [0.4, 0.5) is 0 Å². The number of amides is 1. The van der Waals surface area contributed by atoms with Crippen molar-refractivity contribution < 1.29 is 4.79 Å². The average Bonchev–Trinajstić information content (AvgIpc) is 3.28. The van der Waals surface area contributed by atoms with Gasteiger partial charge in [-0.2, -0.15) is 0 Å². The second kappa shape index (κ2) is 6.33. The maximum atomic E-state index is 12.8. The number of rotatable bonds is 3. The molecule has 3 aromatic rings. The molecular formula is C20H22N4O. The average molecular weight is 334 g/mol. The van der Waals surface area contributed by atoms with Crippen LogP contribution in [0.15, 0.2) is 54.9 Å². The van der Waals surface area contributed by atoms with Crippen LogP contribution in [-0.2, 0) is 0 Å². The maximum absolute atomic E-state index is 12.8. The Morgan fingerprint density at radius 1 is 1.12 bits per heavy atom. The van der Waals surface area contributed by atoms with Gasteiger partial charge in [-0.1, -0.05) is 30.3 Å². The van der Waals surface area contributed by atoms with Crippen LogP contribution in [0.1, 0.15) is 16.8 Å². The summed E-state index contributed by atoms with van der Waals surface area (Å²) in [6, 6.07) is 14.3. The fourth-order valence-electron chi connectivity index (χ4n) is 3.40. The van der Waals surface area contributed by atoms with Crippen molar-refractivity contribution in [1.82, 2.24) is 19.2 Å². The highest BCUT2D eigenvalue weighted by atomic mass is 16.2. The summed E-state index contributed by atoms with van der Waals surface area (Å²) in [5.41, 5.74) is 3.55. The standard InChI is InChI=1S/C20H22N4O/c1-22(2)17-10-11-23(13-17)20(25)16-8-9-19-21-18(14-24(19)12-16)15-6-4-3-5-7-15/h3-9,12,14,17H,10-11,13H2,1-2H3. The zero-order valence-corrected chi connectivity index (χ0v) is 14.6. The second-order valence-corrected chi connectivity index (χ2v) is 6.83. The molecule has 0 spiro atoms. The molecule has 0 aliphatic carbocycles. The van der Waals surface area contributed by atoms with Crippen LogP contribution in [-0.4, -0.2) is 58.3 Å². The molecule has 25 heavy (non-hydrogen) atoms. The van der Waals surface area contributed by atoms with Gasteiger partial charge in [-0.25, -0.2) is 4.98 Å². The van der Waals surface area contributed by atoms with Gasteiger partial charge in [0.2, 0.25) is 0 Å². The third-order valence-electron chi connectivity index (χ3n) is 4.95. The Morgan fingerprint density at radius 2 is 1.92 bits per heavy atom. The molecule has 0 saturated carbocycles. The highest BCUT2D eigenvalue weighted by molar-refractivity contribution is 5.94. The molecule has 5 heteroatoms. The number of carbonyl (C=O) groups excluding carboxylic acids is 1. The Morgan fingerprint density at radius 3 is 2.64 bits per heavy atom. The van der Waals surface area contributed by atoms with Crippen molar-refractivity contribution in [3.63, 3.8) is 0 Å². The van der Waals surface area contributed by atoms with E-state index in [1.165, 1.54) is 0 Å².